The van der Waals surface area contributed by atoms with Gasteiger partial charge in [0.25, 0.3) is 0 Å². The highest BCUT2D eigenvalue weighted by Crippen LogP contribution is 2.21. The normalized spacial score (nSPS) is 11.2. The van der Waals surface area contributed by atoms with Crippen LogP contribution in [0.4, 0.5) is 11.4 Å². The lowest BCUT2D eigenvalue weighted by Gasteiger charge is -2.10. The van der Waals surface area contributed by atoms with Crippen LogP contribution in [-0.2, 0) is 0 Å². The molecule has 0 atom stereocenters. The minimum Gasteiger partial charge on any atom is -0.411 e. The van der Waals surface area contributed by atoms with Crippen LogP contribution in [0.1, 0.15) is 12.5 Å². The molecule has 0 radical (unpaired) electrons. The van der Waals surface area contributed by atoms with Crippen LogP contribution in [0.25, 0.3) is 0 Å². The largest absolute Gasteiger partial charge is 0.411 e. The van der Waals surface area contributed by atoms with E-state index in [1.54, 1.807) is 6.92 Å². The van der Waals surface area contributed by atoms with Gasteiger partial charge in [-0.1, -0.05) is 41.6 Å². The molecule has 2 rings (SSSR count). The topological polar surface area (TPSA) is 44.6 Å². The minimum absolute atomic E-state index is 0.587. The standard InChI is InChI=1S/C14H14N2O/c1-11(16-17)13-9-5-6-10-14(13)15-12-7-3-2-4-8-12/h2-10,15,17H,1H3. The predicted molar refractivity (Wildman–Crippen MR) is 70.2 cm³/mol. The summed E-state index contributed by atoms with van der Waals surface area (Å²) in [7, 11) is 0. The second kappa shape index (κ2) is 5.16. The fourth-order valence-corrected chi connectivity index (χ4v) is 1.64. The summed E-state index contributed by atoms with van der Waals surface area (Å²) in [6, 6.07) is 17.6. The zero-order valence-corrected chi connectivity index (χ0v) is 9.59. The average molecular weight is 226 g/mol. The maximum Gasteiger partial charge on any atom is 0.0857 e. The highest BCUT2D eigenvalue weighted by atomic mass is 16.4. The Bertz CT molecular complexity index is 521. The molecule has 0 saturated heterocycles. The summed E-state index contributed by atoms with van der Waals surface area (Å²) in [5.41, 5.74) is 3.41. The van der Waals surface area contributed by atoms with Crippen molar-refractivity contribution in [2.75, 3.05) is 5.32 Å². The van der Waals surface area contributed by atoms with E-state index in [-0.39, 0.29) is 0 Å². The van der Waals surface area contributed by atoms with E-state index in [2.05, 4.69) is 10.5 Å². The third kappa shape index (κ3) is 2.64. The van der Waals surface area contributed by atoms with Crippen molar-refractivity contribution in [3.63, 3.8) is 0 Å². The number of nitrogens with one attached hydrogen (secondary N) is 1. The lowest BCUT2D eigenvalue weighted by atomic mass is 10.1. The first kappa shape index (κ1) is 11.2. The highest BCUT2D eigenvalue weighted by Gasteiger charge is 2.04. The predicted octanol–water partition coefficient (Wildman–Crippen LogP) is 3.63. The van der Waals surface area contributed by atoms with Crippen LogP contribution < -0.4 is 5.32 Å². The third-order valence-electron chi connectivity index (χ3n) is 2.52. The van der Waals surface area contributed by atoms with Crippen molar-refractivity contribution < 1.29 is 5.21 Å². The van der Waals surface area contributed by atoms with Crippen LogP contribution in [0, 0.1) is 0 Å². The molecule has 0 unspecified atom stereocenters. The zero-order valence-electron chi connectivity index (χ0n) is 9.59. The van der Waals surface area contributed by atoms with Gasteiger partial charge < -0.3 is 10.5 Å². The molecule has 86 valence electrons. The van der Waals surface area contributed by atoms with Gasteiger partial charge in [-0.2, -0.15) is 0 Å². The molecule has 3 heteroatoms. The van der Waals surface area contributed by atoms with Crippen molar-refractivity contribution in [3.05, 3.63) is 60.2 Å². The Balaban J connectivity index is 2.33. The minimum atomic E-state index is 0.587. The summed E-state index contributed by atoms with van der Waals surface area (Å²) in [6.07, 6.45) is 0. The maximum atomic E-state index is 8.84. The first-order valence-corrected chi connectivity index (χ1v) is 5.41. The molecule has 0 fully saturated rings. The van der Waals surface area contributed by atoms with Gasteiger partial charge in [-0.25, -0.2) is 0 Å². The molecule has 2 aromatic rings. The lowest BCUT2D eigenvalue weighted by Crippen LogP contribution is -2.01. The quantitative estimate of drug-likeness (QED) is 0.477. The van der Waals surface area contributed by atoms with E-state index in [0.29, 0.717) is 5.71 Å². The zero-order chi connectivity index (χ0) is 12.1. The number of para-hydroxylation sites is 2. The molecular weight excluding hydrogens is 212 g/mol. The SMILES string of the molecule is CC(=NO)c1ccccc1Nc1ccccc1. The van der Waals surface area contributed by atoms with Crippen molar-refractivity contribution in [2.24, 2.45) is 5.16 Å². The molecule has 3 nitrogen and oxygen atoms in total. The summed E-state index contributed by atoms with van der Waals surface area (Å²) in [5.74, 6) is 0. The second-order valence-corrected chi connectivity index (χ2v) is 3.72. The number of nitrogens with zero attached hydrogens (tertiary/aromatic N) is 1. The number of benzene rings is 2. The fraction of sp³-hybridized carbons (Fsp3) is 0.0714. The van der Waals surface area contributed by atoms with Gasteiger partial charge in [0.15, 0.2) is 0 Å². The Morgan fingerprint density at radius 3 is 2.35 bits per heavy atom. The molecule has 0 bridgehead atoms. The van der Waals surface area contributed by atoms with Crippen LogP contribution in [0.15, 0.2) is 59.8 Å². The third-order valence-corrected chi connectivity index (χ3v) is 2.52. The van der Waals surface area contributed by atoms with Gasteiger partial charge in [-0.15, -0.1) is 0 Å². The van der Waals surface area contributed by atoms with Gasteiger partial charge in [0.05, 0.1) is 5.71 Å². The summed E-state index contributed by atoms with van der Waals surface area (Å²) < 4.78 is 0. The fourth-order valence-electron chi connectivity index (χ4n) is 1.64. The van der Waals surface area contributed by atoms with Gasteiger partial charge in [0, 0.05) is 16.9 Å². The molecule has 0 aromatic heterocycles. The van der Waals surface area contributed by atoms with Crippen LogP contribution in [-0.4, -0.2) is 10.9 Å². The second-order valence-electron chi connectivity index (χ2n) is 3.72. The van der Waals surface area contributed by atoms with E-state index >= 15 is 0 Å². The van der Waals surface area contributed by atoms with E-state index < -0.39 is 0 Å². The number of hydrogen-bond donors (Lipinski definition) is 2. The number of rotatable bonds is 3. The Labute approximate surface area is 100 Å². The Morgan fingerprint density at radius 1 is 1.00 bits per heavy atom. The van der Waals surface area contributed by atoms with E-state index in [4.69, 9.17) is 5.21 Å². The van der Waals surface area contributed by atoms with E-state index in [1.165, 1.54) is 0 Å². The van der Waals surface area contributed by atoms with Gasteiger partial charge in [-0.05, 0) is 25.1 Å². The van der Waals surface area contributed by atoms with Gasteiger partial charge in [0.1, 0.15) is 0 Å². The molecule has 2 N–H and O–H groups in total. The summed E-state index contributed by atoms with van der Waals surface area (Å²) in [6.45, 7) is 1.77. The number of hydrogen-bond acceptors (Lipinski definition) is 3. The van der Waals surface area contributed by atoms with E-state index in [1.807, 2.05) is 54.6 Å². The first-order chi connectivity index (χ1) is 8.31. The van der Waals surface area contributed by atoms with Gasteiger partial charge in [-0.3, -0.25) is 0 Å². The molecule has 0 spiro atoms. The van der Waals surface area contributed by atoms with E-state index in [9.17, 15) is 0 Å². The lowest BCUT2D eigenvalue weighted by molar-refractivity contribution is 0.319. The molecule has 2 aromatic carbocycles. The van der Waals surface area contributed by atoms with Crippen LogP contribution >= 0.6 is 0 Å². The molecule has 0 saturated carbocycles. The van der Waals surface area contributed by atoms with Gasteiger partial charge >= 0.3 is 0 Å². The first-order valence-electron chi connectivity index (χ1n) is 5.41. The van der Waals surface area contributed by atoms with Crippen molar-refractivity contribution in [1.82, 2.24) is 0 Å². The van der Waals surface area contributed by atoms with Crippen molar-refractivity contribution >= 4 is 17.1 Å². The Hall–Kier alpha value is -2.29. The van der Waals surface area contributed by atoms with Crippen LogP contribution in [0.2, 0.25) is 0 Å². The smallest absolute Gasteiger partial charge is 0.0857 e. The van der Waals surface area contributed by atoms with E-state index in [0.717, 1.165) is 16.9 Å². The Kier molecular flexibility index (Phi) is 3.40. The van der Waals surface area contributed by atoms with Crippen LogP contribution in [0.3, 0.4) is 0 Å². The maximum absolute atomic E-state index is 8.84. The van der Waals surface area contributed by atoms with Crippen LogP contribution in [0.5, 0.6) is 0 Å². The average Bonchev–Trinajstić information content (AvgIpc) is 2.40. The van der Waals surface area contributed by atoms with Crippen molar-refractivity contribution in [1.29, 1.82) is 0 Å². The van der Waals surface area contributed by atoms with Gasteiger partial charge in [0.2, 0.25) is 0 Å². The molecule has 0 amide bonds. The molecule has 0 aliphatic rings. The monoisotopic (exact) mass is 226 g/mol. The summed E-state index contributed by atoms with van der Waals surface area (Å²) in [5, 5.41) is 15.4. The van der Waals surface area contributed by atoms with Crippen molar-refractivity contribution in [3.8, 4) is 0 Å². The molecule has 0 aliphatic heterocycles. The highest BCUT2D eigenvalue weighted by molar-refractivity contribution is 6.03. The Morgan fingerprint density at radius 2 is 1.65 bits per heavy atom. The summed E-state index contributed by atoms with van der Waals surface area (Å²) >= 11 is 0. The van der Waals surface area contributed by atoms with Crippen molar-refractivity contribution in [2.45, 2.75) is 6.92 Å². The number of anilines is 2. The molecule has 0 aliphatic carbocycles. The number of oxime groups is 1. The molecule has 17 heavy (non-hydrogen) atoms. The molecule has 0 heterocycles. The summed E-state index contributed by atoms with van der Waals surface area (Å²) in [4.78, 5) is 0. The molecular formula is C14H14N2O.